The Morgan fingerprint density at radius 3 is 3.00 bits per heavy atom. The molecule has 4 rings (SSSR count). The first kappa shape index (κ1) is 11.2. The molecule has 0 unspecified atom stereocenters. The van der Waals surface area contributed by atoms with Crippen molar-refractivity contribution in [2.24, 2.45) is 0 Å². The lowest BCUT2D eigenvalue weighted by atomic mass is 9.95. The highest BCUT2D eigenvalue weighted by molar-refractivity contribution is 5.91. The predicted molar refractivity (Wildman–Crippen MR) is 71.6 cm³/mol. The van der Waals surface area contributed by atoms with E-state index in [9.17, 15) is 4.39 Å². The van der Waals surface area contributed by atoms with E-state index >= 15 is 0 Å². The molecule has 0 spiro atoms. The summed E-state index contributed by atoms with van der Waals surface area (Å²) in [4.78, 5) is 4.36. The lowest BCUT2D eigenvalue weighted by Crippen LogP contribution is -2.30. The van der Waals surface area contributed by atoms with Crippen molar-refractivity contribution in [3.63, 3.8) is 0 Å². The van der Waals surface area contributed by atoms with Crippen molar-refractivity contribution in [3.05, 3.63) is 36.3 Å². The van der Waals surface area contributed by atoms with E-state index in [0.717, 1.165) is 29.4 Å². The van der Waals surface area contributed by atoms with Crippen LogP contribution in [0.5, 0.6) is 0 Å². The summed E-state index contributed by atoms with van der Waals surface area (Å²) in [6, 6.07) is 7.01. The molecule has 0 amide bonds. The molecule has 2 fully saturated rings. The summed E-state index contributed by atoms with van der Waals surface area (Å²) >= 11 is 0. The number of anilines is 1. The van der Waals surface area contributed by atoms with E-state index in [1.54, 1.807) is 18.3 Å². The van der Waals surface area contributed by atoms with Crippen LogP contribution in [-0.2, 0) is 4.74 Å². The second kappa shape index (κ2) is 4.17. The number of nitrogens with one attached hydrogen (secondary N) is 1. The maximum absolute atomic E-state index is 13.4. The summed E-state index contributed by atoms with van der Waals surface area (Å²) in [5.74, 6) is 0.533. The third kappa shape index (κ3) is 1.87. The van der Waals surface area contributed by atoms with Gasteiger partial charge in [-0.05, 0) is 42.8 Å². The van der Waals surface area contributed by atoms with Crippen LogP contribution in [0.2, 0.25) is 0 Å². The fourth-order valence-corrected chi connectivity index (χ4v) is 3.22. The summed E-state index contributed by atoms with van der Waals surface area (Å²) in [5.41, 5.74) is 0. The molecule has 2 bridgehead atoms. The third-order valence-corrected chi connectivity index (χ3v) is 4.16. The lowest BCUT2D eigenvalue weighted by molar-refractivity contribution is 0.102. The minimum Gasteiger partial charge on any atom is -0.373 e. The van der Waals surface area contributed by atoms with Crippen LogP contribution in [0.1, 0.15) is 19.3 Å². The maximum atomic E-state index is 13.4. The number of pyridine rings is 1. The Labute approximate surface area is 110 Å². The fourth-order valence-electron chi connectivity index (χ4n) is 3.22. The van der Waals surface area contributed by atoms with Crippen molar-refractivity contribution in [2.75, 3.05) is 5.32 Å². The third-order valence-electron chi connectivity index (χ3n) is 4.16. The molecule has 3 nitrogen and oxygen atoms in total. The second-order valence-corrected chi connectivity index (χ2v) is 5.39. The van der Waals surface area contributed by atoms with Crippen LogP contribution in [0.4, 0.5) is 10.2 Å². The van der Waals surface area contributed by atoms with Crippen LogP contribution in [-0.4, -0.2) is 23.2 Å². The summed E-state index contributed by atoms with van der Waals surface area (Å²) in [6.45, 7) is 0. The monoisotopic (exact) mass is 258 g/mol. The van der Waals surface area contributed by atoms with E-state index in [-0.39, 0.29) is 11.9 Å². The van der Waals surface area contributed by atoms with E-state index in [1.165, 1.54) is 12.5 Å². The van der Waals surface area contributed by atoms with Gasteiger partial charge in [-0.2, -0.15) is 0 Å². The van der Waals surface area contributed by atoms with E-state index in [1.807, 2.05) is 6.07 Å². The molecule has 3 atom stereocenters. The molecule has 19 heavy (non-hydrogen) atoms. The molecular formula is C15H15FN2O. The van der Waals surface area contributed by atoms with Gasteiger partial charge in [0.25, 0.3) is 0 Å². The number of rotatable bonds is 2. The molecule has 1 aromatic carbocycles. The summed E-state index contributed by atoms with van der Waals surface area (Å²) < 4.78 is 19.2. The Balaban J connectivity index is 1.69. The molecule has 2 aliphatic heterocycles. The van der Waals surface area contributed by atoms with Crippen LogP contribution in [0.15, 0.2) is 30.5 Å². The van der Waals surface area contributed by atoms with Gasteiger partial charge in [-0.3, -0.25) is 0 Å². The molecular weight excluding hydrogens is 243 g/mol. The molecule has 2 saturated heterocycles. The van der Waals surface area contributed by atoms with Crippen LogP contribution in [0.25, 0.3) is 10.8 Å². The molecule has 4 heteroatoms. The summed E-state index contributed by atoms with van der Waals surface area (Å²) in [5, 5.41) is 5.28. The highest BCUT2D eigenvalue weighted by atomic mass is 19.1. The number of nitrogens with zero attached hydrogens (tertiary/aromatic N) is 1. The number of aromatic nitrogens is 1. The first-order valence-electron chi connectivity index (χ1n) is 6.76. The zero-order valence-corrected chi connectivity index (χ0v) is 10.5. The van der Waals surface area contributed by atoms with Gasteiger partial charge in [0.1, 0.15) is 11.6 Å². The van der Waals surface area contributed by atoms with Gasteiger partial charge in [-0.1, -0.05) is 6.07 Å². The van der Waals surface area contributed by atoms with Gasteiger partial charge in [0.2, 0.25) is 0 Å². The molecule has 1 aromatic heterocycles. The maximum Gasteiger partial charge on any atom is 0.134 e. The summed E-state index contributed by atoms with van der Waals surface area (Å²) in [6.07, 6.45) is 5.75. The van der Waals surface area contributed by atoms with Gasteiger partial charge < -0.3 is 10.1 Å². The minimum absolute atomic E-state index is 0.229. The van der Waals surface area contributed by atoms with E-state index in [0.29, 0.717) is 12.1 Å². The molecule has 2 aliphatic rings. The van der Waals surface area contributed by atoms with Crippen LogP contribution in [0, 0.1) is 5.82 Å². The smallest absolute Gasteiger partial charge is 0.134 e. The summed E-state index contributed by atoms with van der Waals surface area (Å²) in [7, 11) is 0. The molecule has 1 N–H and O–H groups in total. The normalized spacial score (nSPS) is 29.0. The van der Waals surface area contributed by atoms with Crippen molar-refractivity contribution in [3.8, 4) is 0 Å². The van der Waals surface area contributed by atoms with Gasteiger partial charge >= 0.3 is 0 Å². The first-order chi connectivity index (χ1) is 9.29. The fraction of sp³-hybridized carbons (Fsp3) is 0.400. The number of benzene rings is 1. The zero-order chi connectivity index (χ0) is 12.8. The van der Waals surface area contributed by atoms with Crippen molar-refractivity contribution >= 4 is 16.6 Å². The Hall–Kier alpha value is -1.68. The van der Waals surface area contributed by atoms with Crippen molar-refractivity contribution in [1.82, 2.24) is 4.98 Å². The highest BCUT2D eigenvalue weighted by Gasteiger charge is 2.40. The molecule has 0 radical (unpaired) electrons. The number of hydrogen-bond donors (Lipinski definition) is 1. The largest absolute Gasteiger partial charge is 0.373 e. The molecule has 98 valence electrons. The van der Waals surface area contributed by atoms with Crippen LogP contribution < -0.4 is 5.32 Å². The number of ether oxygens (including phenoxy) is 1. The van der Waals surface area contributed by atoms with E-state index in [4.69, 9.17) is 4.74 Å². The van der Waals surface area contributed by atoms with Crippen LogP contribution in [0.3, 0.4) is 0 Å². The topological polar surface area (TPSA) is 34.2 Å². The van der Waals surface area contributed by atoms with E-state index < -0.39 is 0 Å². The first-order valence-corrected chi connectivity index (χ1v) is 6.76. The van der Waals surface area contributed by atoms with Crippen molar-refractivity contribution in [1.29, 1.82) is 0 Å². The van der Waals surface area contributed by atoms with Crippen molar-refractivity contribution in [2.45, 2.75) is 37.5 Å². The second-order valence-electron chi connectivity index (χ2n) is 5.39. The Kier molecular flexibility index (Phi) is 2.45. The average molecular weight is 258 g/mol. The van der Waals surface area contributed by atoms with Gasteiger partial charge in [0.15, 0.2) is 0 Å². The number of hydrogen-bond acceptors (Lipinski definition) is 3. The standard InChI is InChI=1S/C15H15FN2O/c16-10-2-1-9-5-6-17-15(12(9)7-10)18-13-8-11-3-4-14(13)19-11/h1-2,5-7,11,13-14H,3-4,8H2,(H,17,18)/t11-,13+,14+/m0/s1. The lowest BCUT2D eigenvalue weighted by Gasteiger charge is -2.21. The number of fused-ring (bicyclic) bond motifs is 3. The zero-order valence-electron chi connectivity index (χ0n) is 10.5. The predicted octanol–water partition coefficient (Wildman–Crippen LogP) is 3.11. The van der Waals surface area contributed by atoms with Gasteiger partial charge in [0.05, 0.1) is 18.2 Å². The Morgan fingerprint density at radius 2 is 2.21 bits per heavy atom. The minimum atomic E-state index is -0.229. The highest BCUT2D eigenvalue weighted by Crippen LogP contribution is 2.36. The molecule has 3 heterocycles. The molecule has 0 aliphatic carbocycles. The van der Waals surface area contributed by atoms with Gasteiger partial charge in [0, 0.05) is 11.6 Å². The molecule has 0 saturated carbocycles. The Morgan fingerprint density at radius 1 is 1.26 bits per heavy atom. The van der Waals surface area contributed by atoms with E-state index in [2.05, 4.69) is 10.3 Å². The van der Waals surface area contributed by atoms with Gasteiger partial charge in [-0.25, -0.2) is 9.37 Å². The Bertz CT molecular complexity index is 631. The number of halogens is 1. The quantitative estimate of drug-likeness (QED) is 0.898. The van der Waals surface area contributed by atoms with Gasteiger partial charge in [-0.15, -0.1) is 0 Å². The SMILES string of the molecule is Fc1ccc2ccnc(N[C@@H]3C[C@@H]4CC[C@H]3O4)c2c1. The van der Waals surface area contributed by atoms with Crippen LogP contribution >= 0.6 is 0 Å². The van der Waals surface area contributed by atoms with Crippen molar-refractivity contribution < 1.29 is 9.13 Å². The molecule has 2 aromatic rings. The average Bonchev–Trinajstić information content (AvgIpc) is 3.02.